The number of aromatic nitrogens is 2. The number of benzene rings is 2. The summed E-state index contributed by atoms with van der Waals surface area (Å²) in [6, 6.07) is 12.0. The van der Waals surface area contributed by atoms with Gasteiger partial charge in [-0.1, -0.05) is 6.07 Å². The summed E-state index contributed by atoms with van der Waals surface area (Å²) in [5, 5.41) is 14.2. The molecule has 9 nitrogen and oxygen atoms in total. The van der Waals surface area contributed by atoms with Crippen LogP contribution < -0.4 is 20.5 Å². The molecule has 2 fully saturated rings. The summed E-state index contributed by atoms with van der Waals surface area (Å²) in [4.78, 5) is 34.7. The average Bonchev–Trinajstić information content (AvgIpc) is 3.98. The highest BCUT2D eigenvalue weighted by Crippen LogP contribution is 2.56. The van der Waals surface area contributed by atoms with Crippen molar-refractivity contribution in [3.63, 3.8) is 0 Å². The number of aliphatic hydroxyl groups is 1. The summed E-state index contributed by atoms with van der Waals surface area (Å²) in [5.41, 5.74) is 0.431. The molecular formula is C33H28F4N4O5. The lowest BCUT2D eigenvalue weighted by Crippen LogP contribution is -2.52. The van der Waals surface area contributed by atoms with Gasteiger partial charge in [-0.3, -0.25) is 14.6 Å². The molecule has 2 amide bonds. The molecule has 46 heavy (non-hydrogen) atoms. The van der Waals surface area contributed by atoms with Crippen LogP contribution in [0, 0.1) is 11.7 Å². The van der Waals surface area contributed by atoms with Gasteiger partial charge in [-0.15, -0.1) is 0 Å². The zero-order valence-corrected chi connectivity index (χ0v) is 24.2. The fourth-order valence-corrected chi connectivity index (χ4v) is 6.00. The molecule has 4 aromatic rings. The van der Waals surface area contributed by atoms with Gasteiger partial charge in [-0.25, -0.2) is 9.37 Å². The van der Waals surface area contributed by atoms with Crippen molar-refractivity contribution in [1.82, 2.24) is 15.3 Å². The van der Waals surface area contributed by atoms with Gasteiger partial charge in [0.25, 0.3) is 5.91 Å². The van der Waals surface area contributed by atoms with E-state index >= 15 is 0 Å². The van der Waals surface area contributed by atoms with E-state index in [1.807, 2.05) is 0 Å². The Labute approximate surface area is 259 Å². The number of rotatable bonds is 9. The highest BCUT2D eigenvalue weighted by molar-refractivity contribution is 6.00. The molecule has 0 spiro atoms. The maximum Gasteiger partial charge on any atom is 0.424 e. The molecule has 1 aliphatic heterocycles. The van der Waals surface area contributed by atoms with Crippen LogP contribution in [0.15, 0.2) is 60.8 Å². The Hall–Kier alpha value is -4.78. The first-order valence-corrected chi connectivity index (χ1v) is 14.8. The summed E-state index contributed by atoms with van der Waals surface area (Å²) in [5.74, 6) is -2.20. The molecule has 3 aliphatic rings. The van der Waals surface area contributed by atoms with Crippen LogP contribution >= 0.6 is 0 Å². The Morgan fingerprint density at radius 1 is 1.09 bits per heavy atom. The number of nitrogens with zero attached hydrogens (tertiary/aromatic N) is 2. The number of hydrogen-bond acceptors (Lipinski definition) is 7. The van der Waals surface area contributed by atoms with E-state index in [2.05, 4.69) is 15.3 Å². The van der Waals surface area contributed by atoms with Gasteiger partial charge in [-0.2, -0.15) is 13.2 Å². The van der Waals surface area contributed by atoms with Crippen molar-refractivity contribution in [2.75, 3.05) is 13.2 Å². The number of carbonyl (C=O) groups is 2. The monoisotopic (exact) mass is 636 g/mol. The molecule has 2 atom stereocenters. The van der Waals surface area contributed by atoms with Crippen LogP contribution in [0.3, 0.4) is 0 Å². The number of ether oxygens (including phenoxy) is 2. The molecule has 0 unspecified atom stereocenters. The normalized spacial score (nSPS) is 20.5. The second-order valence-corrected chi connectivity index (χ2v) is 12.0. The Kier molecular flexibility index (Phi) is 6.92. The highest BCUT2D eigenvalue weighted by atomic mass is 19.4. The van der Waals surface area contributed by atoms with Gasteiger partial charge in [0.1, 0.15) is 40.5 Å². The maximum atomic E-state index is 14.9. The Balaban J connectivity index is 1.29. The van der Waals surface area contributed by atoms with Crippen LogP contribution in [0.5, 0.6) is 11.5 Å². The standard InChI is InChI=1S/C33H28F4N4O5/c34-21-7-3-17(4-8-21)27-28-23(31(16-45-28,30(38)43)20-5-6-20)14-25(41-27)32(44,33(35,36)37)15-40-29(42)19-12-18-2-1-11-39-26(18)24(13-19)46-22-9-10-22/h1-4,7-8,11-14,20,22,44H,5-6,9-10,15-16H2,(H2,38,43)(H,40,42)/t31-,32-/m0/s1. The van der Waals surface area contributed by atoms with Crippen molar-refractivity contribution in [2.24, 2.45) is 11.7 Å². The van der Waals surface area contributed by atoms with Crippen LogP contribution in [-0.2, 0) is 15.8 Å². The van der Waals surface area contributed by atoms with Crippen LogP contribution in [0.25, 0.3) is 22.2 Å². The minimum absolute atomic E-state index is 0.00414. The lowest BCUT2D eigenvalue weighted by atomic mass is 9.76. The third-order valence-electron chi connectivity index (χ3n) is 8.88. The zero-order chi connectivity index (χ0) is 32.4. The van der Waals surface area contributed by atoms with Crippen LogP contribution in [0.2, 0.25) is 0 Å². The number of hydrogen-bond donors (Lipinski definition) is 3. The number of pyridine rings is 2. The highest BCUT2D eigenvalue weighted by Gasteiger charge is 2.60. The van der Waals surface area contributed by atoms with E-state index in [0.717, 1.165) is 31.0 Å². The topological polar surface area (TPSA) is 137 Å². The third-order valence-corrected chi connectivity index (χ3v) is 8.88. The van der Waals surface area contributed by atoms with Crippen LogP contribution in [0.1, 0.15) is 47.3 Å². The number of amides is 2. The number of nitrogens with two attached hydrogens (primary N) is 1. The second-order valence-electron chi connectivity index (χ2n) is 12.0. The summed E-state index contributed by atoms with van der Waals surface area (Å²) < 4.78 is 70.2. The van der Waals surface area contributed by atoms with E-state index in [0.29, 0.717) is 29.5 Å². The van der Waals surface area contributed by atoms with Gasteiger partial charge in [0.05, 0.1) is 18.3 Å². The molecule has 2 aliphatic carbocycles. The van der Waals surface area contributed by atoms with Crippen molar-refractivity contribution in [3.8, 4) is 22.8 Å². The first-order valence-electron chi connectivity index (χ1n) is 14.8. The van der Waals surface area contributed by atoms with Gasteiger partial charge in [-0.05, 0) is 80.1 Å². The van der Waals surface area contributed by atoms with E-state index in [1.165, 1.54) is 24.3 Å². The van der Waals surface area contributed by atoms with Crippen molar-refractivity contribution in [2.45, 2.75) is 49.0 Å². The first-order chi connectivity index (χ1) is 21.9. The van der Waals surface area contributed by atoms with Gasteiger partial charge in [0.15, 0.2) is 0 Å². The van der Waals surface area contributed by atoms with Gasteiger partial charge in [0, 0.05) is 28.3 Å². The summed E-state index contributed by atoms with van der Waals surface area (Å²) in [6.07, 6.45) is -0.947. The fraction of sp³-hybridized carbons (Fsp3) is 0.333. The van der Waals surface area contributed by atoms with Gasteiger partial charge < -0.3 is 25.6 Å². The molecular weight excluding hydrogens is 608 g/mol. The molecule has 0 saturated heterocycles. The predicted molar refractivity (Wildman–Crippen MR) is 156 cm³/mol. The van der Waals surface area contributed by atoms with Crippen molar-refractivity contribution >= 4 is 22.7 Å². The number of nitrogens with one attached hydrogen (secondary N) is 1. The second kappa shape index (κ2) is 10.6. The first kappa shape index (κ1) is 29.9. The molecule has 0 radical (unpaired) electrons. The van der Waals surface area contributed by atoms with Crippen molar-refractivity contribution in [3.05, 3.63) is 83.4 Å². The number of carbonyl (C=O) groups excluding carboxylic acids is 2. The number of alkyl halides is 3. The molecule has 7 rings (SSSR count). The Morgan fingerprint density at radius 3 is 2.48 bits per heavy atom. The molecule has 0 bridgehead atoms. The summed E-state index contributed by atoms with van der Waals surface area (Å²) in [6.45, 7) is -1.54. The molecule has 2 saturated carbocycles. The number of primary amides is 1. The Bertz CT molecular complexity index is 1880. The van der Waals surface area contributed by atoms with Gasteiger partial charge >= 0.3 is 6.18 Å². The van der Waals surface area contributed by atoms with E-state index in [1.54, 1.807) is 18.3 Å². The number of fused-ring (bicyclic) bond motifs is 2. The molecule has 238 valence electrons. The fourth-order valence-electron chi connectivity index (χ4n) is 6.00. The van der Waals surface area contributed by atoms with Crippen LogP contribution in [-0.4, -0.2) is 52.3 Å². The minimum Gasteiger partial charge on any atom is -0.489 e. The predicted octanol–water partition coefficient (Wildman–Crippen LogP) is 4.68. The Morgan fingerprint density at radius 2 is 1.83 bits per heavy atom. The van der Waals surface area contributed by atoms with E-state index in [-0.39, 0.29) is 46.8 Å². The van der Waals surface area contributed by atoms with Crippen molar-refractivity contribution in [1.29, 1.82) is 0 Å². The molecule has 2 aromatic heterocycles. The summed E-state index contributed by atoms with van der Waals surface area (Å²) in [7, 11) is 0. The van der Waals surface area contributed by atoms with E-state index in [9.17, 15) is 32.3 Å². The van der Waals surface area contributed by atoms with E-state index in [4.69, 9.17) is 15.2 Å². The molecule has 3 heterocycles. The molecule has 13 heteroatoms. The van der Waals surface area contributed by atoms with E-state index < -0.39 is 47.1 Å². The third kappa shape index (κ3) is 4.98. The largest absolute Gasteiger partial charge is 0.489 e. The van der Waals surface area contributed by atoms with Crippen molar-refractivity contribution < 1.29 is 41.7 Å². The molecule has 4 N–H and O–H groups in total. The zero-order valence-electron chi connectivity index (χ0n) is 24.2. The molecule has 2 aromatic carbocycles. The lowest BCUT2D eigenvalue weighted by Gasteiger charge is -2.32. The quantitative estimate of drug-likeness (QED) is 0.227. The average molecular weight is 637 g/mol. The lowest BCUT2D eigenvalue weighted by molar-refractivity contribution is -0.265. The van der Waals surface area contributed by atoms with Gasteiger partial charge in [0.2, 0.25) is 11.5 Å². The van der Waals surface area contributed by atoms with Crippen LogP contribution in [0.4, 0.5) is 17.6 Å². The minimum atomic E-state index is -5.34. The number of halogens is 4. The maximum absolute atomic E-state index is 14.9. The smallest absolute Gasteiger partial charge is 0.424 e. The summed E-state index contributed by atoms with van der Waals surface area (Å²) >= 11 is 0. The SMILES string of the molecule is NC(=O)[C@]1(C2CC2)COc2c1cc([C@@](O)(CNC(=O)c1cc(OC3CC3)c3ncccc3c1)C(F)(F)F)nc2-c1ccc(F)cc1.